The summed E-state index contributed by atoms with van der Waals surface area (Å²) in [5.74, 6) is 0.256. The number of amides is 1. The molecule has 6 nitrogen and oxygen atoms in total. The van der Waals surface area contributed by atoms with E-state index in [1.54, 1.807) is 17.9 Å². The van der Waals surface area contributed by atoms with Gasteiger partial charge in [-0.25, -0.2) is 4.98 Å². The number of hydrogen-bond acceptors (Lipinski definition) is 3. The van der Waals surface area contributed by atoms with E-state index < -0.39 is 0 Å². The van der Waals surface area contributed by atoms with Crippen molar-refractivity contribution in [2.45, 2.75) is 0 Å². The number of nitrogens with one attached hydrogen (secondary N) is 1. The van der Waals surface area contributed by atoms with Gasteiger partial charge in [0.15, 0.2) is 5.69 Å². The van der Waals surface area contributed by atoms with E-state index in [1.807, 2.05) is 35.9 Å². The molecule has 0 saturated heterocycles. The predicted octanol–water partition coefficient (Wildman–Crippen LogP) is 2.16. The second-order valence-corrected chi connectivity index (χ2v) is 5.60. The van der Waals surface area contributed by atoms with Crippen LogP contribution in [0, 0.1) is 3.57 Å². The summed E-state index contributed by atoms with van der Waals surface area (Å²) in [5.41, 5.74) is 2.22. The molecule has 2 aromatic heterocycles. The van der Waals surface area contributed by atoms with Crippen LogP contribution in [0.5, 0.6) is 0 Å². The molecular weight excluding hydrogens is 369 g/mol. The lowest BCUT2D eigenvalue weighted by molar-refractivity contribution is 0.101. The van der Waals surface area contributed by atoms with E-state index >= 15 is 0 Å². The van der Waals surface area contributed by atoms with Crippen LogP contribution >= 0.6 is 22.6 Å². The first-order valence-electron chi connectivity index (χ1n) is 5.98. The summed E-state index contributed by atoms with van der Waals surface area (Å²) < 4.78 is 4.27. The summed E-state index contributed by atoms with van der Waals surface area (Å²) in [4.78, 5) is 16.6. The number of nitrogens with zero attached hydrogens (tertiary/aromatic N) is 4. The molecular formula is C13H12IN5O. The molecule has 0 aliphatic carbocycles. The second kappa shape index (κ2) is 4.89. The van der Waals surface area contributed by atoms with Crippen molar-refractivity contribution in [3.63, 3.8) is 0 Å². The van der Waals surface area contributed by atoms with Gasteiger partial charge in [0.25, 0.3) is 5.91 Å². The molecule has 0 atom stereocenters. The Labute approximate surface area is 128 Å². The van der Waals surface area contributed by atoms with Gasteiger partial charge in [0.05, 0.1) is 14.6 Å². The van der Waals surface area contributed by atoms with Crippen LogP contribution in [0.1, 0.15) is 10.5 Å². The van der Waals surface area contributed by atoms with Crippen molar-refractivity contribution in [3.8, 4) is 0 Å². The molecule has 7 heteroatoms. The van der Waals surface area contributed by atoms with Gasteiger partial charge < -0.3 is 4.57 Å². The molecule has 102 valence electrons. The average molecular weight is 381 g/mol. The van der Waals surface area contributed by atoms with Crippen LogP contribution in [0.4, 0.5) is 5.95 Å². The molecule has 0 radical (unpaired) electrons. The summed E-state index contributed by atoms with van der Waals surface area (Å²) in [7, 11) is 3.66. The zero-order valence-electron chi connectivity index (χ0n) is 11.0. The number of para-hydroxylation sites is 2. The Morgan fingerprint density at radius 2 is 2.05 bits per heavy atom. The lowest BCUT2D eigenvalue weighted by Crippen LogP contribution is -2.16. The Balaban J connectivity index is 1.95. The number of aryl methyl sites for hydroxylation is 2. The maximum absolute atomic E-state index is 12.2. The fraction of sp³-hybridized carbons (Fsp3) is 0.154. The van der Waals surface area contributed by atoms with Crippen LogP contribution in [0.25, 0.3) is 11.0 Å². The quantitative estimate of drug-likeness (QED) is 0.692. The number of carbonyl (C=O) groups is 1. The minimum absolute atomic E-state index is 0.256. The Morgan fingerprint density at radius 3 is 2.70 bits per heavy atom. The van der Waals surface area contributed by atoms with Crippen LogP contribution in [0.2, 0.25) is 0 Å². The molecule has 20 heavy (non-hydrogen) atoms. The predicted molar refractivity (Wildman–Crippen MR) is 84.6 cm³/mol. The molecule has 2 heterocycles. The Bertz CT molecular complexity index is 804. The highest BCUT2D eigenvalue weighted by Gasteiger charge is 2.17. The van der Waals surface area contributed by atoms with Crippen LogP contribution in [-0.2, 0) is 14.1 Å². The highest BCUT2D eigenvalue weighted by atomic mass is 127. The number of anilines is 1. The number of benzene rings is 1. The molecule has 1 amide bonds. The van der Waals surface area contributed by atoms with E-state index in [0.29, 0.717) is 11.6 Å². The zero-order chi connectivity index (χ0) is 14.3. The molecule has 0 unspecified atom stereocenters. The highest BCUT2D eigenvalue weighted by molar-refractivity contribution is 14.1. The van der Waals surface area contributed by atoms with Crippen molar-refractivity contribution in [3.05, 3.63) is 39.7 Å². The minimum atomic E-state index is -0.256. The van der Waals surface area contributed by atoms with Gasteiger partial charge in [-0.2, -0.15) is 5.10 Å². The SMILES string of the molecule is Cn1cc(I)c(C(=O)Nc2nc3ccccc3n2C)n1. The summed E-state index contributed by atoms with van der Waals surface area (Å²) in [6, 6.07) is 7.73. The Morgan fingerprint density at radius 1 is 1.30 bits per heavy atom. The van der Waals surface area contributed by atoms with Gasteiger partial charge in [-0.1, -0.05) is 12.1 Å². The third kappa shape index (κ3) is 2.17. The van der Waals surface area contributed by atoms with Gasteiger partial charge in [-0.05, 0) is 34.7 Å². The first-order valence-corrected chi connectivity index (χ1v) is 7.06. The van der Waals surface area contributed by atoms with E-state index in [4.69, 9.17) is 0 Å². The summed E-state index contributed by atoms with van der Waals surface area (Å²) in [5, 5.41) is 6.95. The normalized spacial score (nSPS) is 10.9. The van der Waals surface area contributed by atoms with E-state index in [-0.39, 0.29) is 5.91 Å². The number of aromatic nitrogens is 4. The molecule has 0 saturated carbocycles. The van der Waals surface area contributed by atoms with E-state index in [2.05, 4.69) is 38.0 Å². The van der Waals surface area contributed by atoms with Crippen molar-refractivity contribution in [1.29, 1.82) is 0 Å². The fourth-order valence-corrected chi connectivity index (χ4v) is 2.79. The smallest absolute Gasteiger partial charge is 0.279 e. The first kappa shape index (κ1) is 13.1. The highest BCUT2D eigenvalue weighted by Crippen LogP contribution is 2.18. The number of imidazole rings is 1. The van der Waals surface area contributed by atoms with Crippen LogP contribution in [-0.4, -0.2) is 25.2 Å². The molecule has 3 aromatic rings. The summed E-state index contributed by atoms with van der Waals surface area (Å²) >= 11 is 2.09. The van der Waals surface area contributed by atoms with E-state index in [1.165, 1.54) is 0 Å². The molecule has 0 aliphatic heterocycles. The molecule has 0 spiro atoms. The molecule has 1 aromatic carbocycles. The van der Waals surface area contributed by atoms with Gasteiger partial charge >= 0.3 is 0 Å². The minimum Gasteiger partial charge on any atom is -0.313 e. The number of carbonyl (C=O) groups excluding carboxylic acids is 1. The van der Waals surface area contributed by atoms with Crippen LogP contribution in [0.3, 0.4) is 0 Å². The molecule has 3 rings (SSSR count). The molecule has 0 fully saturated rings. The van der Waals surface area contributed by atoms with E-state index in [9.17, 15) is 4.79 Å². The molecule has 0 aliphatic rings. The van der Waals surface area contributed by atoms with Gasteiger partial charge in [0, 0.05) is 20.3 Å². The van der Waals surface area contributed by atoms with Crippen molar-refractivity contribution in [2.24, 2.45) is 14.1 Å². The number of hydrogen-bond donors (Lipinski definition) is 1. The van der Waals surface area contributed by atoms with Crippen molar-refractivity contribution < 1.29 is 4.79 Å². The third-order valence-corrected chi connectivity index (χ3v) is 3.80. The van der Waals surface area contributed by atoms with Gasteiger partial charge in [-0.15, -0.1) is 0 Å². The van der Waals surface area contributed by atoms with Crippen molar-refractivity contribution in [1.82, 2.24) is 19.3 Å². The topological polar surface area (TPSA) is 64.7 Å². The number of halogens is 1. The zero-order valence-corrected chi connectivity index (χ0v) is 13.1. The lowest BCUT2D eigenvalue weighted by atomic mass is 10.3. The van der Waals surface area contributed by atoms with Crippen LogP contribution in [0.15, 0.2) is 30.5 Å². The number of rotatable bonds is 2. The summed E-state index contributed by atoms with van der Waals surface area (Å²) in [6.45, 7) is 0. The third-order valence-electron chi connectivity index (χ3n) is 3.01. The number of fused-ring (bicyclic) bond motifs is 1. The average Bonchev–Trinajstić information content (AvgIpc) is 2.91. The first-order chi connectivity index (χ1) is 9.56. The molecule has 1 N–H and O–H groups in total. The van der Waals surface area contributed by atoms with Gasteiger partial charge in [0.1, 0.15) is 0 Å². The maximum Gasteiger partial charge on any atom is 0.279 e. The summed E-state index contributed by atoms with van der Waals surface area (Å²) in [6.07, 6.45) is 1.80. The Kier molecular flexibility index (Phi) is 3.20. The van der Waals surface area contributed by atoms with Gasteiger partial charge in [-0.3, -0.25) is 14.8 Å². The van der Waals surface area contributed by atoms with Crippen LogP contribution < -0.4 is 5.32 Å². The monoisotopic (exact) mass is 381 g/mol. The van der Waals surface area contributed by atoms with Gasteiger partial charge in [0.2, 0.25) is 5.95 Å². The second-order valence-electron chi connectivity index (χ2n) is 4.44. The molecule has 0 bridgehead atoms. The lowest BCUT2D eigenvalue weighted by Gasteiger charge is -2.03. The standard InChI is InChI=1S/C13H12IN5O/c1-18-7-8(14)11(17-18)12(20)16-13-15-9-5-3-4-6-10(9)19(13)2/h3-7H,1-2H3,(H,15,16,20). The largest absolute Gasteiger partial charge is 0.313 e. The van der Waals surface area contributed by atoms with E-state index in [0.717, 1.165) is 14.6 Å². The fourth-order valence-electron chi connectivity index (χ4n) is 2.03. The maximum atomic E-state index is 12.2. The van der Waals surface area contributed by atoms with Crippen molar-refractivity contribution in [2.75, 3.05) is 5.32 Å². The van der Waals surface area contributed by atoms with Crippen molar-refractivity contribution >= 4 is 45.5 Å². The Hall–Kier alpha value is -1.90.